The molecule has 9 nitrogen and oxygen atoms in total. The van der Waals surface area contributed by atoms with Crippen LogP contribution in [-0.2, 0) is 4.79 Å². The maximum absolute atomic E-state index is 11.4. The highest BCUT2D eigenvalue weighted by Gasteiger charge is 2.07. The zero-order chi connectivity index (χ0) is 29.5. The molecule has 2 heterocycles. The van der Waals surface area contributed by atoms with Crippen molar-refractivity contribution >= 4 is 94.0 Å². The average Bonchev–Trinajstić information content (AvgIpc) is 2.98. The van der Waals surface area contributed by atoms with Crippen molar-refractivity contribution in [2.75, 3.05) is 21.7 Å². The molecule has 0 atom stereocenters. The van der Waals surface area contributed by atoms with E-state index in [-0.39, 0.29) is 5.91 Å². The molecule has 0 unspecified atom stereocenters. The van der Waals surface area contributed by atoms with Crippen LogP contribution in [-0.4, -0.2) is 25.8 Å². The molecule has 2 aromatic heterocycles. The highest BCUT2D eigenvalue weighted by Crippen LogP contribution is 2.28. The summed E-state index contributed by atoms with van der Waals surface area (Å²) in [5, 5.41) is 11.0. The minimum absolute atomic E-state index is 0.261. The number of nitrogens with two attached hydrogens (primary N) is 1. The summed E-state index contributed by atoms with van der Waals surface area (Å²) < 4.78 is 1.98. The minimum Gasteiger partial charge on any atom is -0.399 e. The fourth-order valence-electron chi connectivity index (χ4n) is 4.01. The van der Waals surface area contributed by atoms with Gasteiger partial charge in [-0.3, -0.25) is 4.79 Å². The second kappa shape index (κ2) is 13.2. The summed E-state index contributed by atoms with van der Waals surface area (Å²) in [6.45, 7) is 3.45. The van der Waals surface area contributed by atoms with Gasteiger partial charge in [0.05, 0.1) is 11.0 Å². The summed E-state index contributed by atoms with van der Waals surface area (Å²) in [5.74, 6) is 1.15. The molecule has 0 bridgehead atoms. The van der Waals surface area contributed by atoms with Crippen molar-refractivity contribution in [1.82, 2.24) is 19.9 Å². The van der Waals surface area contributed by atoms with Gasteiger partial charge < -0.3 is 21.7 Å². The number of carbonyl (C=O) groups is 1. The van der Waals surface area contributed by atoms with Gasteiger partial charge in [-0.25, -0.2) is 19.9 Å². The molecule has 208 valence electrons. The van der Waals surface area contributed by atoms with E-state index in [0.29, 0.717) is 17.2 Å². The largest absolute Gasteiger partial charge is 0.399 e. The lowest BCUT2D eigenvalue weighted by molar-refractivity contribution is -0.111. The van der Waals surface area contributed by atoms with E-state index in [1.165, 1.54) is 12.4 Å². The summed E-state index contributed by atoms with van der Waals surface area (Å²) in [7, 11) is 0. The third-order valence-electron chi connectivity index (χ3n) is 5.92. The minimum atomic E-state index is -0.261. The van der Waals surface area contributed by atoms with Crippen LogP contribution in [0.5, 0.6) is 0 Å². The molecule has 0 spiro atoms. The van der Waals surface area contributed by atoms with E-state index in [9.17, 15) is 4.79 Å². The zero-order valence-electron chi connectivity index (χ0n) is 22.1. The molecule has 0 aliphatic carbocycles. The number of hydrogen-bond donors (Lipinski definition) is 4. The number of aromatic nitrogens is 4. The first kappa shape index (κ1) is 28.7. The topological polar surface area (TPSA) is 131 Å². The molecule has 6 aromatic rings. The smallest absolute Gasteiger partial charge is 0.247 e. The summed E-state index contributed by atoms with van der Waals surface area (Å²) in [5.41, 5.74) is 10.7. The van der Waals surface area contributed by atoms with Gasteiger partial charge in [-0.2, -0.15) is 0 Å². The summed E-state index contributed by atoms with van der Waals surface area (Å²) in [6, 6.07) is 26.7. The normalized spacial score (nSPS) is 10.4. The molecule has 0 fully saturated rings. The Morgan fingerprint density at radius 1 is 0.690 bits per heavy atom. The number of carbonyl (C=O) groups excluding carboxylic acids is 1. The molecule has 11 heteroatoms. The van der Waals surface area contributed by atoms with E-state index in [0.717, 1.165) is 47.9 Å². The average molecular weight is 684 g/mol. The van der Waals surface area contributed by atoms with Gasteiger partial charge in [0.15, 0.2) is 0 Å². The van der Waals surface area contributed by atoms with Crippen molar-refractivity contribution in [3.63, 3.8) is 0 Å². The zero-order valence-corrected chi connectivity index (χ0v) is 25.2. The molecule has 0 saturated carbocycles. The van der Waals surface area contributed by atoms with Crippen molar-refractivity contribution in [3.05, 3.63) is 119 Å². The monoisotopic (exact) mass is 682 g/mol. The van der Waals surface area contributed by atoms with Gasteiger partial charge in [0.2, 0.25) is 5.91 Å². The predicted octanol–water partition coefficient (Wildman–Crippen LogP) is 7.98. The highest BCUT2D eigenvalue weighted by atomic mass is 79.9. The first-order valence-electron chi connectivity index (χ1n) is 12.6. The second-order valence-corrected chi connectivity index (χ2v) is 10.7. The van der Waals surface area contributed by atoms with Gasteiger partial charge in [0.1, 0.15) is 24.3 Å². The molecular formula is C31H24Br2N8O. The van der Waals surface area contributed by atoms with Crippen LogP contribution in [0.25, 0.3) is 21.8 Å². The Hall–Kier alpha value is -4.87. The van der Waals surface area contributed by atoms with Crippen molar-refractivity contribution < 1.29 is 4.79 Å². The Labute approximate surface area is 258 Å². The number of nitrogens with one attached hydrogen (secondary N) is 3. The van der Waals surface area contributed by atoms with Crippen molar-refractivity contribution in [3.8, 4) is 0 Å². The van der Waals surface area contributed by atoms with Crippen LogP contribution in [0.3, 0.4) is 0 Å². The van der Waals surface area contributed by atoms with Gasteiger partial charge in [-0.05, 0) is 78.9 Å². The lowest BCUT2D eigenvalue weighted by Gasteiger charge is -2.10. The number of halogens is 2. The van der Waals surface area contributed by atoms with Crippen molar-refractivity contribution in [2.45, 2.75) is 0 Å². The quantitative estimate of drug-likeness (QED) is 0.103. The number of nitrogens with zero attached hydrogens (tertiary/aromatic N) is 4. The molecule has 0 aliphatic heterocycles. The summed E-state index contributed by atoms with van der Waals surface area (Å²) in [6.07, 6.45) is 4.27. The Kier molecular flexibility index (Phi) is 9.00. The molecule has 5 N–H and O–H groups in total. The third kappa shape index (κ3) is 7.25. The van der Waals surface area contributed by atoms with E-state index in [1.807, 2.05) is 78.9 Å². The number of fused-ring (bicyclic) bond motifs is 2. The standard InChI is InChI=1S/C17H13BrN4O.C14H11BrN4/c1-2-16(23)21-13-6-7-15-14(9-13)17(20-10-19-15)22-12-5-3-4-11(18)8-12;15-9-2-1-3-11(6-9)19-14-12-7-10(16)4-5-13(12)17-8-18-14/h2-10H,1H2,(H,21,23)(H,19,20,22);1-8H,16H2,(H,17,18,19). The molecule has 6 rings (SSSR count). The van der Waals surface area contributed by atoms with Crippen LogP contribution in [0.2, 0.25) is 0 Å². The first-order valence-corrected chi connectivity index (χ1v) is 14.2. The van der Waals surface area contributed by atoms with Crippen LogP contribution in [0.4, 0.5) is 34.4 Å². The van der Waals surface area contributed by atoms with Gasteiger partial charge in [-0.1, -0.05) is 50.6 Å². The first-order chi connectivity index (χ1) is 20.4. The number of hydrogen-bond acceptors (Lipinski definition) is 8. The Balaban J connectivity index is 0.000000171. The maximum Gasteiger partial charge on any atom is 0.247 e. The van der Waals surface area contributed by atoms with Crippen LogP contribution in [0.1, 0.15) is 0 Å². The van der Waals surface area contributed by atoms with E-state index < -0.39 is 0 Å². The van der Waals surface area contributed by atoms with Crippen LogP contribution < -0.4 is 21.7 Å². The molecule has 42 heavy (non-hydrogen) atoms. The SMILES string of the molecule is C=CC(=O)Nc1ccc2ncnc(Nc3cccc(Br)c3)c2c1.Nc1ccc2ncnc(Nc3cccc(Br)c3)c2c1. The van der Waals surface area contributed by atoms with E-state index in [4.69, 9.17) is 5.73 Å². The van der Waals surface area contributed by atoms with Gasteiger partial charge in [0.25, 0.3) is 0 Å². The maximum atomic E-state index is 11.4. The number of benzene rings is 4. The van der Waals surface area contributed by atoms with E-state index in [1.54, 1.807) is 12.4 Å². The molecular weight excluding hydrogens is 660 g/mol. The molecule has 4 aromatic carbocycles. The number of nitrogen functional groups attached to an aromatic ring is 1. The Bertz CT molecular complexity index is 1910. The fraction of sp³-hybridized carbons (Fsp3) is 0. The second-order valence-electron chi connectivity index (χ2n) is 8.92. The summed E-state index contributed by atoms with van der Waals surface area (Å²) in [4.78, 5) is 28.5. The molecule has 1 amide bonds. The van der Waals surface area contributed by atoms with Crippen molar-refractivity contribution in [2.24, 2.45) is 0 Å². The van der Waals surface area contributed by atoms with Gasteiger partial charge >= 0.3 is 0 Å². The van der Waals surface area contributed by atoms with Crippen LogP contribution in [0.15, 0.2) is 119 Å². The highest BCUT2D eigenvalue weighted by molar-refractivity contribution is 9.10. The number of amides is 1. The van der Waals surface area contributed by atoms with E-state index >= 15 is 0 Å². The Morgan fingerprint density at radius 3 is 1.79 bits per heavy atom. The van der Waals surface area contributed by atoms with Gasteiger partial charge in [0, 0.05) is 42.5 Å². The van der Waals surface area contributed by atoms with E-state index in [2.05, 4.69) is 74.3 Å². The van der Waals surface area contributed by atoms with Crippen LogP contribution in [0, 0.1) is 0 Å². The lowest BCUT2D eigenvalue weighted by Crippen LogP contribution is -2.07. The van der Waals surface area contributed by atoms with Crippen LogP contribution >= 0.6 is 31.9 Å². The number of anilines is 6. The third-order valence-corrected chi connectivity index (χ3v) is 6.91. The predicted molar refractivity (Wildman–Crippen MR) is 177 cm³/mol. The summed E-state index contributed by atoms with van der Waals surface area (Å²) >= 11 is 6.89. The molecule has 0 radical (unpaired) electrons. The van der Waals surface area contributed by atoms with Gasteiger partial charge in [-0.15, -0.1) is 0 Å². The number of rotatable bonds is 6. The van der Waals surface area contributed by atoms with Crippen molar-refractivity contribution in [1.29, 1.82) is 0 Å². The lowest BCUT2D eigenvalue weighted by atomic mass is 10.2. The Morgan fingerprint density at radius 2 is 1.24 bits per heavy atom. The molecule has 0 aliphatic rings. The molecule has 0 saturated heterocycles. The fourth-order valence-corrected chi connectivity index (χ4v) is 4.81.